The summed E-state index contributed by atoms with van der Waals surface area (Å²) in [7, 11) is 1.62. The molecule has 0 saturated heterocycles. The standard InChI is InChI=1S/C30H27F2N3O3.C5H10O2.C3H6N.W/c1-19-6-11-27-28(14-19)35(12-13-37-2)29(33-27)16-21-15-25(32)23(17-24(21)31)26-4-3-5-30(34-26)38-18-20-7-9-22(36)10-8-20;1-5(2,3)7-4-6;4-3-1-2-3;/h3-11,14-15,17,36H,12-13,16,18H2,1-2H3;4H,1-3H3;3-4H,1-2H2;/q;;-1;. The summed E-state index contributed by atoms with van der Waals surface area (Å²) >= 11 is 0. The van der Waals surface area contributed by atoms with Crippen LogP contribution in [0.1, 0.15) is 56.1 Å². The summed E-state index contributed by atoms with van der Waals surface area (Å²) < 4.78 is 48.1. The molecular weight excluding hydrogens is 814 g/mol. The van der Waals surface area contributed by atoms with Crippen LogP contribution in [0.5, 0.6) is 11.6 Å². The predicted octanol–water partition coefficient (Wildman–Crippen LogP) is 8.36. The van der Waals surface area contributed by atoms with Gasteiger partial charge in [-0.2, -0.15) is 0 Å². The van der Waals surface area contributed by atoms with E-state index in [-0.39, 0.29) is 68.1 Å². The van der Waals surface area contributed by atoms with Crippen LogP contribution >= 0.6 is 0 Å². The number of imidazole rings is 1. The number of halogens is 2. The number of ether oxygens (including phenoxy) is 3. The molecule has 0 spiro atoms. The number of nitrogens with zero attached hydrogens (tertiary/aromatic N) is 3. The van der Waals surface area contributed by atoms with Crippen LogP contribution in [0.3, 0.4) is 0 Å². The number of phenols is 1. The van der Waals surface area contributed by atoms with Crippen molar-refractivity contribution in [2.75, 3.05) is 13.7 Å². The average molecular weight is 858 g/mol. The first-order valence-electron chi connectivity index (χ1n) is 16.0. The van der Waals surface area contributed by atoms with Crippen LogP contribution in [-0.4, -0.2) is 51.5 Å². The van der Waals surface area contributed by atoms with E-state index >= 15 is 8.78 Å². The van der Waals surface area contributed by atoms with Crippen molar-refractivity contribution in [3.8, 4) is 22.9 Å². The van der Waals surface area contributed by atoms with Gasteiger partial charge in [-0.3, -0.25) is 4.79 Å². The Morgan fingerprint density at radius 1 is 1.00 bits per heavy atom. The molecule has 1 saturated carbocycles. The van der Waals surface area contributed by atoms with E-state index in [1.165, 1.54) is 12.1 Å². The van der Waals surface area contributed by atoms with Crippen LogP contribution in [0.2, 0.25) is 0 Å². The molecule has 266 valence electrons. The van der Waals surface area contributed by atoms with E-state index in [4.69, 9.17) is 20.2 Å². The van der Waals surface area contributed by atoms with Crippen molar-refractivity contribution in [2.45, 2.75) is 71.8 Å². The molecule has 1 aliphatic carbocycles. The topological polar surface area (TPSA) is 120 Å². The SMILES string of the molecule is CC(C)(C)OC=O.COCCn1c(Cc2cc(F)c(-c3cccc(OCc4ccc(O)cc4)n3)cc2F)nc2ccc(C)cc21.[NH-]C1CC1.[W]. The molecule has 1 aliphatic rings. The Kier molecular flexibility index (Phi) is 15.1. The number of nitrogens with one attached hydrogen (secondary N) is 1. The van der Waals surface area contributed by atoms with Gasteiger partial charge >= 0.3 is 0 Å². The Morgan fingerprint density at radius 2 is 1.70 bits per heavy atom. The first-order valence-corrected chi connectivity index (χ1v) is 16.0. The molecule has 2 aromatic heterocycles. The second-order valence-corrected chi connectivity index (χ2v) is 12.7. The van der Waals surface area contributed by atoms with Gasteiger partial charge in [0.2, 0.25) is 5.88 Å². The summed E-state index contributed by atoms with van der Waals surface area (Å²) in [5.74, 6) is -0.0460. The number of hydrogen-bond acceptors (Lipinski definition) is 7. The van der Waals surface area contributed by atoms with E-state index < -0.39 is 11.6 Å². The third-order valence-electron chi connectivity index (χ3n) is 7.29. The maximum Gasteiger partial charge on any atom is 0.293 e. The van der Waals surface area contributed by atoms with Crippen LogP contribution in [0, 0.1) is 18.6 Å². The minimum atomic E-state index is -0.583. The zero-order chi connectivity index (χ0) is 35.6. The fraction of sp³-hybridized carbons (Fsp3) is 0.342. The molecule has 12 heteroatoms. The largest absolute Gasteiger partial charge is 0.675 e. The normalized spacial score (nSPS) is 12.2. The molecular formula is C38H43F2N4O5W-. The van der Waals surface area contributed by atoms with Gasteiger partial charge in [0.25, 0.3) is 6.47 Å². The monoisotopic (exact) mass is 857 g/mol. The van der Waals surface area contributed by atoms with Gasteiger partial charge < -0.3 is 29.6 Å². The first-order chi connectivity index (χ1) is 23.4. The third-order valence-corrected chi connectivity index (χ3v) is 7.29. The summed E-state index contributed by atoms with van der Waals surface area (Å²) in [6.45, 7) is 9.16. The van der Waals surface area contributed by atoms with E-state index in [1.807, 2.05) is 50.5 Å². The molecule has 1 fully saturated rings. The number of carbonyl (C=O) groups excluding carboxylic acids is 1. The maximum atomic E-state index is 15.3. The number of carbonyl (C=O) groups is 1. The predicted molar refractivity (Wildman–Crippen MR) is 185 cm³/mol. The number of methoxy groups -OCH3 is 1. The second kappa shape index (κ2) is 18.7. The Morgan fingerprint density at radius 3 is 2.30 bits per heavy atom. The summed E-state index contributed by atoms with van der Waals surface area (Å²) in [6, 6.07) is 20.2. The van der Waals surface area contributed by atoms with E-state index in [9.17, 15) is 9.90 Å². The van der Waals surface area contributed by atoms with Crippen LogP contribution < -0.4 is 4.74 Å². The van der Waals surface area contributed by atoms with Crippen molar-refractivity contribution in [2.24, 2.45) is 0 Å². The van der Waals surface area contributed by atoms with Crippen molar-refractivity contribution < 1.29 is 54.0 Å². The van der Waals surface area contributed by atoms with Crippen molar-refractivity contribution >= 4 is 17.5 Å². The zero-order valence-corrected chi connectivity index (χ0v) is 31.8. The fourth-order valence-electron chi connectivity index (χ4n) is 4.56. The molecule has 9 nitrogen and oxygen atoms in total. The van der Waals surface area contributed by atoms with E-state index in [0.29, 0.717) is 31.5 Å². The molecule has 0 amide bonds. The number of pyridine rings is 1. The van der Waals surface area contributed by atoms with Crippen molar-refractivity contribution in [1.29, 1.82) is 0 Å². The Labute approximate surface area is 306 Å². The molecule has 2 heterocycles. The van der Waals surface area contributed by atoms with Gasteiger partial charge in [-0.25, -0.2) is 18.7 Å². The van der Waals surface area contributed by atoms with Gasteiger partial charge in [-0.1, -0.05) is 37.1 Å². The Hall–Kier alpha value is -4.18. The molecule has 50 heavy (non-hydrogen) atoms. The van der Waals surface area contributed by atoms with Gasteiger partial charge in [0.15, 0.2) is 0 Å². The van der Waals surface area contributed by atoms with Crippen molar-refractivity contribution in [3.63, 3.8) is 0 Å². The number of hydrogen-bond donors (Lipinski definition) is 1. The number of fused-ring (bicyclic) bond motifs is 1. The summed E-state index contributed by atoms with van der Waals surface area (Å²) in [6.07, 6.45) is 2.43. The number of benzene rings is 3. The molecule has 0 atom stereocenters. The molecule has 0 aliphatic heterocycles. The molecule has 0 bridgehead atoms. The minimum Gasteiger partial charge on any atom is -0.675 e. The smallest absolute Gasteiger partial charge is 0.293 e. The van der Waals surface area contributed by atoms with Crippen LogP contribution in [-0.2, 0) is 54.9 Å². The number of phenolic OH excluding ortho intramolecular Hbond substituents is 1. The zero-order valence-electron chi connectivity index (χ0n) is 28.9. The average Bonchev–Trinajstić information content (AvgIpc) is 3.77. The van der Waals surface area contributed by atoms with Gasteiger partial charge in [0.05, 0.1) is 23.3 Å². The summed E-state index contributed by atoms with van der Waals surface area (Å²) in [5.41, 5.74) is 10.5. The number of rotatable bonds is 10. The van der Waals surface area contributed by atoms with Crippen molar-refractivity contribution in [1.82, 2.24) is 14.5 Å². The number of aromatic nitrogens is 3. The first kappa shape index (κ1) is 40.2. The maximum absolute atomic E-state index is 15.3. The van der Waals surface area contributed by atoms with E-state index in [1.54, 1.807) is 49.6 Å². The quantitative estimate of drug-likeness (QED) is 0.140. The van der Waals surface area contributed by atoms with Gasteiger partial charge in [0.1, 0.15) is 35.4 Å². The molecule has 5 aromatic rings. The molecule has 2 N–H and O–H groups in total. The fourth-order valence-corrected chi connectivity index (χ4v) is 4.56. The van der Waals surface area contributed by atoms with Gasteiger partial charge in [-0.15, -0.1) is 6.04 Å². The van der Waals surface area contributed by atoms with Crippen LogP contribution in [0.25, 0.3) is 28.0 Å². The van der Waals surface area contributed by atoms with Gasteiger partial charge in [-0.05, 0) is 86.8 Å². The summed E-state index contributed by atoms with van der Waals surface area (Å²) in [4.78, 5) is 18.7. The minimum absolute atomic E-state index is 0. The van der Waals surface area contributed by atoms with Crippen LogP contribution in [0.4, 0.5) is 8.78 Å². The van der Waals surface area contributed by atoms with E-state index in [2.05, 4.69) is 9.72 Å². The summed E-state index contributed by atoms with van der Waals surface area (Å²) in [5, 5.41) is 9.42. The number of aryl methyl sites for hydroxylation is 1. The number of aromatic hydroxyl groups is 1. The second-order valence-electron chi connectivity index (χ2n) is 12.7. The molecule has 3 aromatic carbocycles. The van der Waals surface area contributed by atoms with Gasteiger partial charge in [0, 0.05) is 52.8 Å². The van der Waals surface area contributed by atoms with Crippen LogP contribution in [0.15, 0.2) is 72.8 Å². The molecule has 6 rings (SSSR count). The molecule has 0 unspecified atom stereocenters. The molecule has 0 radical (unpaired) electrons. The Bertz CT molecular complexity index is 1840. The van der Waals surface area contributed by atoms with Crippen molar-refractivity contribution in [3.05, 3.63) is 113 Å². The Balaban J connectivity index is 0.000000484. The third kappa shape index (κ3) is 12.3. The van der Waals surface area contributed by atoms with E-state index in [0.717, 1.165) is 35.0 Å².